The van der Waals surface area contributed by atoms with Crippen LogP contribution in [0.3, 0.4) is 0 Å². The zero-order valence-electron chi connectivity index (χ0n) is 17.8. The summed E-state index contributed by atoms with van der Waals surface area (Å²) in [7, 11) is 0. The predicted octanol–water partition coefficient (Wildman–Crippen LogP) is 1.79. The van der Waals surface area contributed by atoms with Gasteiger partial charge in [-0.2, -0.15) is 0 Å². The Bertz CT molecular complexity index is 1340. The monoisotopic (exact) mass is 441 g/mol. The van der Waals surface area contributed by atoms with Gasteiger partial charge in [0, 0.05) is 37.0 Å². The number of benzene rings is 1. The fraction of sp³-hybridized carbons (Fsp3) is 0.364. The van der Waals surface area contributed by atoms with Crippen LogP contribution in [0.4, 0.5) is 8.78 Å². The summed E-state index contributed by atoms with van der Waals surface area (Å²) in [4.78, 5) is 22.9. The van der Waals surface area contributed by atoms with Crippen molar-refractivity contribution >= 4 is 16.7 Å². The number of ether oxygens (including phenoxy) is 1. The Morgan fingerprint density at radius 3 is 2.50 bits per heavy atom. The summed E-state index contributed by atoms with van der Waals surface area (Å²) in [5.41, 5.74) is 1.79. The molecule has 3 aromatic heterocycles. The van der Waals surface area contributed by atoms with Gasteiger partial charge in [-0.25, -0.2) is 23.5 Å². The van der Waals surface area contributed by atoms with Gasteiger partial charge in [-0.3, -0.25) is 9.47 Å². The van der Waals surface area contributed by atoms with E-state index in [1.165, 1.54) is 27.5 Å². The van der Waals surface area contributed by atoms with Crippen LogP contribution in [0.1, 0.15) is 25.0 Å². The number of rotatable bonds is 4. The summed E-state index contributed by atoms with van der Waals surface area (Å²) in [5.74, 6) is -1.40. The third-order valence-electron chi connectivity index (χ3n) is 5.60. The van der Waals surface area contributed by atoms with Gasteiger partial charge in [0.05, 0.1) is 24.1 Å². The van der Waals surface area contributed by atoms with E-state index in [9.17, 15) is 13.6 Å². The number of pyridine rings is 1. The zero-order chi connectivity index (χ0) is 22.4. The van der Waals surface area contributed by atoms with Gasteiger partial charge >= 0.3 is 5.69 Å². The van der Waals surface area contributed by atoms with Crippen molar-refractivity contribution in [1.29, 1.82) is 0 Å². The highest BCUT2D eigenvalue weighted by atomic mass is 19.1. The molecule has 0 spiro atoms. The molecule has 0 aliphatic carbocycles. The van der Waals surface area contributed by atoms with E-state index in [0.29, 0.717) is 28.8 Å². The van der Waals surface area contributed by atoms with Gasteiger partial charge in [-0.15, -0.1) is 0 Å². The maximum absolute atomic E-state index is 13.7. The molecule has 1 aromatic carbocycles. The SMILES string of the molecule is C[C@@H]1CN(Cc2cnc3c(c2)c2[nH+]cnn2c(=O)n3Cc2cc(F)cc(F)c2)C[C@H](C)O1. The average molecular weight is 441 g/mol. The molecule has 8 nitrogen and oxygen atoms in total. The van der Waals surface area contributed by atoms with Crippen LogP contribution in [0.2, 0.25) is 0 Å². The topological polar surface area (TPSA) is 78.8 Å². The number of aromatic nitrogens is 5. The molecule has 1 N–H and O–H groups in total. The molecule has 0 amide bonds. The van der Waals surface area contributed by atoms with Crippen LogP contribution in [-0.4, -0.2) is 49.4 Å². The minimum atomic E-state index is -0.699. The lowest BCUT2D eigenvalue weighted by Crippen LogP contribution is -2.44. The normalized spacial score (nSPS) is 19.8. The van der Waals surface area contributed by atoms with E-state index >= 15 is 0 Å². The molecule has 166 valence electrons. The van der Waals surface area contributed by atoms with Crippen LogP contribution in [0, 0.1) is 11.6 Å². The first-order chi connectivity index (χ1) is 15.4. The third kappa shape index (κ3) is 3.87. The van der Waals surface area contributed by atoms with Crippen molar-refractivity contribution in [2.75, 3.05) is 13.1 Å². The van der Waals surface area contributed by atoms with Crippen molar-refractivity contribution in [2.24, 2.45) is 0 Å². The second-order valence-corrected chi connectivity index (χ2v) is 8.36. The second-order valence-electron chi connectivity index (χ2n) is 8.36. The van der Waals surface area contributed by atoms with Crippen LogP contribution in [0.5, 0.6) is 0 Å². The number of nitrogens with one attached hydrogen (secondary N) is 1. The first kappa shape index (κ1) is 20.7. The Kier molecular flexibility index (Phi) is 5.18. The summed E-state index contributed by atoms with van der Waals surface area (Å²) in [5, 5.41) is 4.80. The van der Waals surface area contributed by atoms with Crippen molar-refractivity contribution in [3.05, 3.63) is 70.0 Å². The number of fused-ring (bicyclic) bond motifs is 3. The third-order valence-corrected chi connectivity index (χ3v) is 5.60. The van der Waals surface area contributed by atoms with E-state index in [0.717, 1.165) is 24.7 Å². The molecule has 2 atom stereocenters. The number of hydrogen-bond acceptors (Lipinski definition) is 5. The van der Waals surface area contributed by atoms with Gasteiger partial charge in [-0.1, -0.05) is 0 Å². The van der Waals surface area contributed by atoms with E-state index in [-0.39, 0.29) is 18.8 Å². The van der Waals surface area contributed by atoms with Crippen LogP contribution in [0.25, 0.3) is 16.7 Å². The van der Waals surface area contributed by atoms with Crippen LogP contribution >= 0.6 is 0 Å². The fourth-order valence-corrected chi connectivity index (χ4v) is 4.48. The summed E-state index contributed by atoms with van der Waals surface area (Å²) in [6.07, 6.45) is 3.47. The Labute approximate surface area is 182 Å². The highest BCUT2D eigenvalue weighted by Gasteiger charge is 2.24. The quantitative estimate of drug-likeness (QED) is 0.483. The smallest absolute Gasteiger partial charge is 0.373 e. The second kappa shape index (κ2) is 8.03. The molecular formula is C22H23F2N6O2+. The number of hydrogen-bond donors (Lipinski definition) is 0. The van der Waals surface area contributed by atoms with E-state index in [4.69, 9.17) is 4.74 Å². The number of aromatic amines is 1. The highest BCUT2D eigenvalue weighted by molar-refractivity contribution is 5.87. The fourth-order valence-electron chi connectivity index (χ4n) is 4.48. The molecule has 5 rings (SSSR count). The molecule has 0 saturated carbocycles. The molecule has 1 aliphatic heterocycles. The molecule has 0 unspecified atom stereocenters. The highest BCUT2D eigenvalue weighted by Crippen LogP contribution is 2.20. The Hall–Kier alpha value is -3.24. The summed E-state index contributed by atoms with van der Waals surface area (Å²) in [6, 6.07) is 5.18. The number of morpholine rings is 1. The number of H-pyrrole nitrogens is 1. The average Bonchev–Trinajstić information content (AvgIpc) is 3.20. The zero-order valence-corrected chi connectivity index (χ0v) is 17.8. The van der Waals surface area contributed by atoms with Gasteiger partial charge in [0.15, 0.2) is 5.65 Å². The molecule has 1 aliphatic rings. The Morgan fingerprint density at radius 2 is 1.78 bits per heavy atom. The largest absolute Gasteiger partial charge is 0.425 e. The van der Waals surface area contributed by atoms with Crippen molar-refractivity contribution in [2.45, 2.75) is 39.1 Å². The van der Waals surface area contributed by atoms with E-state index in [2.05, 4.69) is 33.8 Å². The Balaban J connectivity index is 1.58. The first-order valence-corrected chi connectivity index (χ1v) is 10.5. The summed E-state index contributed by atoms with van der Waals surface area (Å²) < 4.78 is 35.8. The van der Waals surface area contributed by atoms with Gasteiger partial charge in [0.2, 0.25) is 0 Å². The molecule has 32 heavy (non-hydrogen) atoms. The van der Waals surface area contributed by atoms with Crippen LogP contribution < -0.4 is 10.7 Å². The van der Waals surface area contributed by atoms with Crippen molar-refractivity contribution < 1.29 is 18.5 Å². The molecule has 10 heteroatoms. The Morgan fingerprint density at radius 1 is 1.06 bits per heavy atom. The summed E-state index contributed by atoms with van der Waals surface area (Å²) in [6.45, 7) is 6.41. The van der Waals surface area contributed by atoms with Gasteiger partial charge in [0.1, 0.15) is 11.6 Å². The van der Waals surface area contributed by atoms with E-state index in [1.807, 2.05) is 6.07 Å². The lowest BCUT2D eigenvalue weighted by atomic mass is 10.1. The molecule has 4 aromatic rings. The molecule has 0 bridgehead atoms. The number of nitrogens with zero attached hydrogens (tertiary/aromatic N) is 5. The van der Waals surface area contributed by atoms with Gasteiger partial charge in [-0.05, 0) is 47.7 Å². The maximum atomic E-state index is 13.7. The minimum absolute atomic E-state index is 0.0371. The van der Waals surface area contributed by atoms with Crippen LogP contribution in [-0.2, 0) is 17.8 Å². The lowest BCUT2D eigenvalue weighted by molar-refractivity contribution is -0.345. The van der Waals surface area contributed by atoms with Gasteiger partial charge in [0.25, 0.3) is 12.0 Å². The number of halogens is 2. The predicted molar refractivity (Wildman–Crippen MR) is 112 cm³/mol. The van der Waals surface area contributed by atoms with Gasteiger partial charge < -0.3 is 4.74 Å². The maximum Gasteiger partial charge on any atom is 0.425 e. The molecule has 0 radical (unpaired) electrons. The van der Waals surface area contributed by atoms with Crippen molar-refractivity contribution in [1.82, 2.24) is 24.1 Å². The molecule has 4 heterocycles. The minimum Gasteiger partial charge on any atom is -0.373 e. The van der Waals surface area contributed by atoms with Crippen molar-refractivity contribution in [3.63, 3.8) is 0 Å². The van der Waals surface area contributed by atoms with E-state index < -0.39 is 17.3 Å². The standard InChI is InChI=1S/C22H22F2N6O2/c1-13-8-28(9-14(2)32-13)10-16-5-19-20(25-7-16)29(22(31)30-21(19)26-12-27-30)11-15-3-17(23)6-18(24)4-15/h3-7,12-14H,8-11H2,1-2H3/p+1/t13-,14+. The van der Waals surface area contributed by atoms with Crippen molar-refractivity contribution in [3.8, 4) is 0 Å². The molecular weight excluding hydrogens is 418 g/mol. The lowest BCUT2D eigenvalue weighted by Gasteiger charge is -2.35. The first-order valence-electron chi connectivity index (χ1n) is 10.5. The van der Waals surface area contributed by atoms with E-state index in [1.54, 1.807) is 6.20 Å². The molecule has 1 saturated heterocycles. The molecule has 1 fully saturated rings. The van der Waals surface area contributed by atoms with Crippen LogP contribution in [0.15, 0.2) is 41.6 Å². The summed E-state index contributed by atoms with van der Waals surface area (Å²) >= 11 is 0.